The van der Waals surface area contributed by atoms with Crippen LogP contribution in [0.4, 0.5) is 0 Å². The summed E-state index contributed by atoms with van der Waals surface area (Å²) in [5.74, 6) is 0.582. The van der Waals surface area contributed by atoms with Crippen LogP contribution in [0.1, 0.15) is 24.8 Å². The number of carbonyl (C=O) groups excluding carboxylic acids is 1. The predicted octanol–water partition coefficient (Wildman–Crippen LogP) is 3.96. The van der Waals surface area contributed by atoms with Gasteiger partial charge in [-0.1, -0.05) is 36.4 Å². The monoisotopic (exact) mass is 386 g/mol. The number of hydrogen-bond acceptors (Lipinski definition) is 5. The molecule has 2 aromatic heterocycles. The standard InChI is InChI=1S/C23H22N4O2/c1-16(9-10-17-6-3-2-4-7-17)25-21(28)15-22-26-27-23(29-22)19-11-12-20-18(14-19)8-5-13-24-20/h2-8,11-14,16H,9-10,15H2,1H3,(H,25,28)/t16-/m1/s1. The van der Waals surface area contributed by atoms with Crippen molar-refractivity contribution < 1.29 is 9.21 Å². The second-order valence-electron chi connectivity index (χ2n) is 7.08. The third-order valence-corrected chi connectivity index (χ3v) is 4.74. The molecular weight excluding hydrogens is 364 g/mol. The van der Waals surface area contributed by atoms with Crippen LogP contribution in [0.3, 0.4) is 0 Å². The van der Waals surface area contributed by atoms with E-state index in [-0.39, 0.29) is 18.4 Å². The Bertz CT molecular complexity index is 1110. The zero-order chi connectivity index (χ0) is 20.1. The van der Waals surface area contributed by atoms with Crippen molar-refractivity contribution in [2.75, 3.05) is 0 Å². The molecule has 0 unspecified atom stereocenters. The lowest BCUT2D eigenvalue weighted by Crippen LogP contribution is -2.34. The van der Waals surface area contributed by atoms with Gasteiger partial charge in [0.15, 0.2) is 0 Å². The molecule has 1 N–H and O–H groups in total. The number of aryl methyl sites for hydroxylation is 1. The number of hydrogen-bond donors (Lipinski definition) is 1. The van der Waals surface area contributed by atoms with Crippen LogP contribution >= 0.6 is 0 Å². The van der Waals surface area contributed by atoms with Crippen LogP contribution in [-0.4, -0.2) is 27.1 Å². The molecule has 1 amide bonds. The highest BCUT2D eigenvalue weighted by Gasteiger charge is 2.14. The maximum absolute atomic E-state index is 12.3. The summed E-state index contributed by atoms with van der Waals surface area (Å²) in [6.45, 7) is 2.00. The summed E-state index contributed by atoms with van der Waals surface area (Å²) in [5.41, 5.74) is 2.97. The number of rotatable bonds is 7. The fourth-order valence-electron chi connectivity index (χ4n) is 3.21. The summed E-state index contributed by atoms with van der Waals surface area (Å²) in [5, 5.41) is 12.1. The van der Waals surface area contributed by atoms with Crippen molar-refractivity contribution in [2.24, 2.45) is 0 Å². The van der Waals surface area contributed by atoms with Crippen LogP contribution in [0.5, 0.6) is 0 Å². The summed E-state index contributed by atoms with van der Waals surface area (Å²) in [6, 6.07) is 19.9. The fourth-order valence-corrected chi connectivity index (χ4v) is 3.21. The second kappa shape index (κ2) is 8.65. The van der Waals surface area contributed by atoms with E-state index in [2.05, 4.69) is 32.6 Å². The third-order valence-electron chi connectivity index (χ3n) is 4.74. The Labute approximate surface area is 169 Å². The van der Waals surface area contributed by atoms with Gasteiger partial charge in [0, 0.05) is 23.2 Å². The molecule has 0 aliphatic carbocycles. The molecule has 4 aromatic rings. The summed E-state index contributed by atoms with van der Waals surface area (Å²) in [6.07, 6.45) is 3.61. The van der Waals surface area contributed by atoms with Gasteiger partial charge in [-0.2, -0.15) is 0 Å². The average molecular weight is 386 g/mol. The zero-order valence-electron chi connectivity index (χ0n) is 16.2. The predicted molar refractivity (Wildman–Crippen MR) is 111 cm³/mol. The highest BCUT2D eigenvalue weighted by Crippen LogP contribution is 2.22. The maximum atomic E-state index is 12.3. The number of carbonyl (C=O) groups is 1. The van der Waals surface area contributed by atoms with E-state index in [0.717, 1.165) is 29.3 Å². The van der Waals surface area contributed by atoms with Gasteiger partial charge < -0.3 is 9.73 Å². The van der Waals surface area contributed by atoms with Gasteiger partial charge in [0.2, 0.25) is 17.7 Å². The fraction of sp³-hybridized carbons (Fsp3) is 0.217. The molecule has 0 aliphatic rings. The van der Waals surface area contributed by atoms with Gasteiger partial charge in [-0.25, -0.2) is 0 Å². The normalized spacial score (nSPS) is 12.0. The van der Waals surface area contributed by atoms with E-state index in [0.29, 0.717) is 11.8 Å². The molecule has 146 valence electrons. The van der Waals surface area contributed by atoms with Gasteiger partial charge >= 0.3 is 0 Å². The number of fused-ring (bicyclic) bond motifs is 1. The van der Waals surface area contributed by atoms with Crippen LogP contribution < -0.4 is 5.32 Å². The SMILES string of the molecule is C[C@H](CCc1ccccc1)NC(=O)Cc1nnc(-c2ccc3ncccc3c2)o1. The topological polar surface area (TPSA) is 80.9 Å². The lowest BCUT2D eigenvalue weighted by atomic mass is 10.1. The number of nitrogens with one attached hydrogen (secondary N) is 1. The summed E-state index contributed by atoms with van der Waals surface area (Å²) < 4.78 is 5.70. The zero-order valence-corrected chi connectivity index (χ0v) is 16.2. The summed E-state index contributed by atoms with van der Waals surface area (Å²) >= 11 is 0. The third kappa shape index (κ3) is 4.85. The quantitative estimate of drug-likeness (QED) is 0.520. The Morgan fingerprint density at radius 3 is 2.79 bits per heavy atom. The average Bonchev–Trinajstić information content (AvgIpc) is 3.21. The lowest BCUT2D eigenvalue weighted by molar-refractivity contribution is -0.121. The van der Waals surface area contributed by atoms with Crippen molar-refractivity contribution >= 4 is 16.8 Å². The maximum Gasteiger partial charge on any atom is 0.247 e. The first-order valence-electron chi connectivity index (χ1n) is 9.68. The number of pyridine rings is 1. The smallest absolute Gasteiger partial charge is 0.247 e. The Hall–Kier alpha value is -3.54. The minimum atomic E-state index is -0.122. The van der Waals surface area contributed by atoms with E-state index in [1.807, 2.05) is 55.5 Å². The van der Waals surface area contributed by atoms with Crippen molar-refractivity contribution in [3.05, 3.63) is 78.3 Å². The van der Waals surface area contributed by atoms with Crippen LogP contribution in [0.25, 0.3) is 22.4 Å². The van der Waals surface area contributed by atoms with Crippen LogP contribution in [0, 0.1) is 0 Å². The van der Waals surface area contributed by atoms with Gasteiger partial charge in [0.25, 0.3) is 0 Å². The van der Waals surface area contributed by atoms with Crippen molar-refractivity contribution in [3.63, 3.8) is 0 Å². The molecule has 2 aromatic carbocycles. The van der Waals surface area contributed by atoms with Crippen LogP contribution in [-0.2, 0) is 17.6 Å². The summed E-state index contributed by atoms with van der Waals surface area (Å²) in [4.78, 5) is 16.6. The molecule has 0 saturated heterocycles. The second-order valence-corrected chi connectivity index (χ2v) is 7.08. The Kier molecular flexibility index (Phi) is 5.61. The minimum Gasteiger partial charge on any atom is -0.420 e. The number of benzene rings is 2. The van der Waals surface area contributed by atoms with Crippen molar-refractivity contribution in [3.8, 4) is 11.5 Å². The molecule has 0 spiro atoms. The molecule has 0 aliphatic heterocycles. The Balaban J connectivity index is 1.33. The van der Waals surface area contributed by atoms with E-state index < -0.39 is 0 Å². The summed E-state index contributed by atoms with van der Waals surface area (Å²) in [7, 11) is 0. The molecule has 0 bridgehead atoms. The van der Waals surface area contributed by atoms with Gasteiger partial charge in [-0.3, -0.25) is 9.78 Å². The molecule has 29 heavy (non-hydrogen) atoms. The van der Waals surface area contributed by atoms with Gasteiger partial charge in [-0.05, 0) is 49.6 Å². The van der Waals surface area contributed by atoms with E-state index in [4.69, 9.17) is 4.42 Å². The number of amides is 1. The minimum absolute atomic E-state index is 0.0673. The Morgan fingerprint density at radius 2 is 1.93 bits per heavy atom. The molecule has 6 heteroatoms. The molecular formula is C23H22N4O2. The molecule has 0 saturated carbocycles. The van der Waals surface area contributed by atoms with E-state index in [9.17, 15) is 4.79 Å². The highest BCUT2D eigenvalue weighted by atomic mass is 16.4. The molecule has 6 nitrogen and oxygen atoms in total. The van der Waals surface area contributed by atoms with E-state index in [1.165, 1.54) is 5.56 Å². The molecule has 1 atom stereocenters. The Morgan fingerprint density at radius 1 is 1.07 bits per heavy atom. The molecule has 2 heterocycles. The first-order chi connectivity index (χ1) is 14.2. The van der Waals surface area contributed by atoms with Gasteiger partial charge in [0.05, 0.1) is 5.52 Å². The van der Waals surface area contributed by atoms with Crippen LogP contribution in [0.15, 0.2) is 71.3 Å². The first-order valence-corrected chi connectivity index (χ1v) is 9.68. The van der Waals surface area contributed by atoms with E-state index >= 15 is 0 Å². The number of aromatic nitrogens is 3. The van der Waals surface area contributed by atoms with Crippen LogP contribution in [0.2, 0.25) is 0 Å². The highest BCUT2D eigenvalue weighted by molar-refractivity contribution is 5.82. The number of nitrogens with zero attached hydrogens (tertiary/aromatic N) is 3. The first kappa shape index (κ1) is 18.8. The lowest BCUT2D eigenvalue weighted by Gasteiger charge is -2.13. The van der Waals surface area contributed by atoms with Gasteiger partial charge in [-0.15, -0.1) is 10.2 Å². The van der Waals surface area contributed by atoms with Gasteiger partial charge in [0.1, 0.15) is 6.42 Å². The molecule has 0 fully saturated rings. The van der Waals surface area contributed by atoms with Crippen molar-refractivity contribution in [1.29, 1.82) is 0 Å². The largest absolute Gasteiger partial charge is 0.420 e. The molecule has 4 rings (SSSR count). The molecule has 0 radical (unpaired) electrons. The van der Waals surface area contributed by atoms with E-state index in [1.54, 1.807) is 6.20 Å². The van der Waals surface area contributed by atoms with Crippen molar-refractivity contribution in [2.45, 2.75) is 32.2 Å². The van der Waals surface area contributed by atoms with Crippen molar-refractivity contribution in [1.82, 2.24) is 20.5 Å².